The first kappa shape index (κ1) is 20.8. The van der Waals surface area contributed by atoms with E-state index in [4.69, 9.17) is 4.99 Å². The summed E-state index contributed by atoms with van der Waals surface area (Å²) >= 11 is 0. The molecule has 4 atom stereocenters. The van der Waals surface area contributed by atoms with Crippen LogP contribution in [0.4, 0.5) is 5.69 Å². The van der Waals surface area contributed by atoms with E-state index in [-0.39, 0.29) is 17.8 Å². The van der Waals surface area contributed by atoms with Gasteiger partial charge < -0.3 is 5.11 Å². The maximum Gasteiger partial charge on any atom is 0.348 e. The lowest BCUT2D eigenvalue weighted by Gasteiger charge is -2.19. The van der Waals surface area contributed by atoms with Crippen molar-refractivity contribution in [3.8, 4) is 0 Å². The van der Waals surface area contributed by atoms with Crippen molar-refractivity contribution in [2.75, 3.05) is 0 Å². The van der Waals surface area contributed by atoms with Gasteiger partial charge >= 0.3 is 5.69 Å². The molecular formula is C27H29N3O2. The van der Waals surface area contributed by atoms with E-state index in [0.29, 0.717) is 11.8 Å². The zero-order valence-corrected chi connectivity index (χ0v) is 18.4. The molecule has 32 heavy (non-hydrogen) atoms. The molecule has 2 aliphatic rings. The fourth-order valence-electron chi connectivity index (χ4n) is 5.31. The second-order valence-corrected chi connectivity index (χ2v) is 9.23. The molecule has 0 bridgehead atoms. The van der Waals surface area contributed by atoms with Crippen LogP contribution < -0.4 is 5.69 Å². The van der Waals surface area contributed by atoms with Crippen LogP contribution in [0.1, 0.15) is 55.0 Å². The van der Waals surface area contributed by atoms with Gasteiger partial charge in [-0.15, -0.1) is 0 Å². The molecule has 5 heteroatoms. The van der Waals surface area contributed by atoms with E-state index in [1.807, 2.05) is 37.3 Å². The molecule has 3 aromatic rings. The van der Waals surface area contributed by atoms with Crippen molar-refractivity contribution >= 4 is 11.4 Å². The Hall–Kier alpha value is -3.05. The van der Waals surface area contributed by atoms with Crippen LogP contribution in [0.2, 0.25) is 0 Å². The van der Waals surface area contributed by atoms with E-state index < -0.39 is 0 Å². The summed E-state index contributed by atoms with van der Waals surface area (Å²) in [6, 6.07) is 18.3. The number of hydrogen-bond donors (Lipinski definition) is 1. The number of fused-ring (bicyclic) bond motifs is 1. The molecular weight excluding hydrogens is 398 g/mol. The number of aliphatic hydroxyl groups is 1. The maximum absolute atomic E-state index is 12.1. The van der Waals surface area contributed by atoms with Gasteiger partial charge in [0.2, 0.25) is 0 Å². The van der Waals surface area contributed by atoms with Gasteiger partial charge in [0.25, 0.3) is 0 Å². The lowest BCUT2D eigenvalue weighted by atomic mass is 9.91. The summed E-state index contributed by atoms with van der Waals surface area (Å²) in [5.41, 5.74) is 5.37. The average molecular weight is 428 g/mol. The smallest absolute Gasteiger partial charge is 0.348 e. The lowest BCUT2D eigenvalue weighted by Crippen LogP contribution is -2.29. The highest BCUT2D eigenvalue weighted by molar-refractivity contribution is 5.96. The highest BCUT2D eigenvalue weighted by Crippen LogP contribution is 2.41. The van der Waals surface area contributed by atoms with E-state index in [1.165, 1.54) is 17.3 Å². The van der Waals surface area contributed by atoms with Crippen LogP contribution in [0.15, 0.2) is 76.8 Å². The molecule has 0 radical (unpaired) electrons. The van der Waals surface area contributed by atoms with Gasteiger partial charge in [0.05, 0.1) is 17.8 Å². The van der Waals surface area contributed by atoms with Gasteiger partial charge in [-0.2, -0.15) is 0 Å². The number of aromatic nitrogens is 2. The first-order valence-corrected chi connectivity index (χ1v) is 11.5. The Morgan fingerprint density at radius 2 is 1.97 bits per heavy atom. The average Bonchev–Trinajstić information content (AvgIpc) is 3.46. The van der Waals surface area contributed by atoms with Crippen LogP contribution in [-0.4, -0.2) is 20.4 Å². The zero-order chi connectivity index (χ0) is 22.1. The fourth-order valence-corrected chi connectivity index (χ4v) is 5.31. The summed E-state index contributed by atoms with van der Waals surface area (Å²) in [4.78, 5) is 20.8. The van der Waals surface area contributed by atoms with Gasteiger partial charge in [-0.1, -0.05) is 42.5 Å². The van der Waals surface area contributed by atoms with Crippen LogP contribution in [-0.2, 0) is 12.8 Å². The molecule has 0 amide bonds. The zero-order valence-electron chi connectivity index (χ0n) is 18.4. The number of hydrogen-bond acceptors (Lipinski definition) is 4. The SMILES string of the molecule is C[C@@H](C1=Nc2ccc(CC3CC[C@H]([C@H](O)c4ccccc4)C3)cc2C1)n1cccnc1=O. The Labute approximate surface area is 188 Å². The third-order valence-corrected chi connectivity index (χ3v) is 7.11. The molecule has 0 spiro atoms. The minimum atomic E-state index is -0.366. The first-order chi connectivity index (χ1) is 15.6. The van der Waals surface area contributed by atoms with E-state index in [0.717, 1.165) is 49.1 Å². The molecule has 1 N–H and O–H groups in total. The third-order valence-electron chi connectivity index (χ3n) is 7.11. The molecule has 1 aliphatic carbocycles. The van der Waals surface area contributed by atoms with Crippen molar-refractivity contribution in [1.82, 2.24) is 9.55 Å². The largest absolute Gasteiger partial charge is 0.388 e. The number of benzene rings is 2. The predicted molar refractivity (Wildman–Crippen MR) is 126 cm³/mol. The Morgan fingerprint density at radius 1 is 1.12 bits per heavy atom. The summed E-state index contributed by atoms with van der Waals surface area (Å²) in [7, 11) is 0. The lowest BCUT2D eigenvalue weighted by molar-refractivity contribution is 0.109. The van der Waals surface area contributed by atoms with Gasteiger partial charge in [-0.25, -0.2) is 9.78 Å². The monoisotopic (exact) mass is 427 g/mol. The standard InChI is InChI=1S/C27H29N3O2/c1-18(30-13-5-12-28-27(30)32)25-17-23-16-20(9-11-24(23)29-25)14-19-8-10-22(15-19)26(31)21-6-3-2-4-7-21/h2-7,9,11-13,16,18-19,22,26,31H,8,10,14-15,17H2,1H3/t18-,19?,22-,26+/m0/s1. The third kappa shape index (κ3) is 4.17. The van der Waals surface area contributed by atoms with Crippen molar-refractivity contribution in [1.29, 1.82) is 0 Å². The fraction of sp³-hybridized carbons (Fsp3) is 0.370. The summed E-state index contributed by atoms with van der Waals surface area (Å²) in [6.45, 7) is 2.01. The van der Waals surface area contributed by atoms with Crippen molar-refractivity contribution < 1.29 is 5.11 Å². The van der Waals surface area contributed by atoms with E-state index in [2.05, 4.69) is 23.2 Å². The van der Waals surface area contributed by atoms with E-state index >= 15 is 0 Å². The van der Waals surface area contributed by atoms with Gasteiger partial charge in [-0.3, -0.25) is 9.56 Å². The molecule has 1 fully saturated rings. The second-order valence-electron chi connectivity index (χ2n) is 9.23. The molecule has 1 unspecified atom stereocenters. The first-order valence-electron chi connectivity index (χ1n) is 11.5. The molecule has 1 saturated carbocycles. The van der Waals surface area contributed by atoms with E-state index in [9.17, 15) is 9.90 Å². The van der Waals surface area contributed by atoms with Crippen molar-refractivity contribution in [2.24, 2.45) is 16.8 Å². The van der Waals surface area contributed by atoms with Crippen molar-refractivity contribution in [2.45, 2.75) is 51.2 Å². The molecule has 1 aliphatic heterocycles. The van der Waals surface area contributed by atoms with Crippen LogP contribution in [0.3, 0.4) is 0 Å². The molecule has 164 valence electrons. The normalized spacial score (nSPS) is 21.8. The van der Waals surface area contributed by atoms with Gasteiger partial charge in [0, 0.05) is 24.5 Å². The number of aliphatic imine (C=N–C) groups is 1. The summed E-state index contributed by atoms with van der Waals surface area (Å²) in [5, 5.41) is 10.8. The van der Waals surface area contributed by atoms with Crippen LogP contribution in [0, 0.1) is 11.8 Å². The van der Waals surface area contributed by atoms with Gasteiger partial charge in [0.1, 0.15) is 0 Å². The Bertz CT molecular complexity index is 1180. The molecule has 2 heterocycles. The summed E-state index contributed by atoms with van der Waals surface area (Å²) in [5.74, 6) is 0.941. The van der Waals surface area contributed by atoms with Crippen molar-refractivity contribution in [3.63, 3.8) is 0 Å². The van der Waals surface area contributed by atoms with Gasteiger partial charge in [-0.05, 0) is 73.3 Å². The highest BCUT2D eigenvalue weighted by Gasteiger charge is 2.31. The summed E-state index contributed by atoms with van der Waals surface area (Å²) < 4.78 is 1.64. The van der Waals surface area contributed by atoms with Crippen LogP contribution >= 0.6 is 0 Å². The second kappa shape index (κ2) is 8.83. The Morgan fingerprint density at radius 3 is 2.78 bits per heavy atom. The minimum absolute atomic E-state index is 0.109. The van der Waals surface area contributed by atoms with Crippen molar-refractivity contribution in [3.05, 3.63) is 94.2 Å². The topological polar surface area (TPSA) is 67.5 Å². The number of nitrogens with zero attached hydrogens (tertiary/aromatic N) is 3. The number of aliphatic hydroxyl groups excluding tert-OH is 1. The molecule has 1 aromatic heterocycles. The molecule has 5 rings (SSSR count). The van der Waals surface area contributed by atoms with E-state index in [1.54, 1.807) is 16.8 Å². The highest BCUT2D eigenvalue weighted by atomic mass is 16.3. The summed E-state index contributed by atoms with van der Waals surface area (Å²) in [6.07, 6.45) is 8.05. The molecule has 2 aromatic carbocycles. The quantitative estimate of drug-likeness (QED) is 0.613. The molecule has 0 saturated heterocycles. The Balaban J connectivity index is 1.23. The molecule has 5 nitrogen and oxygen atoms in total. The predicted octanol–water partition coefficient (Wildman–Crippen LogP) is 4.83. The Kier molecular flexibility index (Phi) is 5.75. The minimum Gasteiger partial charge on any atom is -0.388 e. The number of rotatable bonds is 6. The van der Waals surface area contributed by atoms with Crippen LogP contribution in [0.5, 0.6) is 0 Å². The van der Waals surface area contributed by atoms with Crippen LogP contribution in [0.25, 0.3) is 0 Å². The maximum atomic E-state index is 12.1. The van der Waals surface area contributed by atoms with Gasteiger partial charge in [0.15, 0.2) is 0 Å².